The quantitative estimate of drug-likeness (QED) is 0.755. The summed E-state index contributed by atoms with van der Waals surface area (Å²) in [6.45, 7) is 4.22. The van der Waals surface area contributed by atoms with Gasteiger partial charge in [0.05, 0.1) is 13.0 Å². The fraction of sp³-hybridized carbons (Fsp3) is 0.462. The summed E-state index contributed by atoms with van der Waals surface area (Å²) >= 11 is 0. The Kier molecular flexibility index (Phi) is 3.22. The van der Waals surface area contributed by atoms with Crippen LogP contribution in [0.1, 0.15) is 25.3 Å². The second-order valence-corrected chi connectivity index (χ2v) is 4.36. The van der Waals surface area contributed by atoms with E-state index in [1.807, 2.05) is 32.0 Å². The van der Waals surface area contributed by atoms with E-state index in [9.17, 15) is 4.79 Å². The molecule has 1 heterocycles. The predicted octanol–water partition coefficient (Wildman–Crippen LogP) is 2.33. The smallest absolute Gasteiger partial charge is 0.313 e. The van der Waals surface area contributed by atoms with Crippen LogP contribution >= 0.6 is 0 Å². The van der Waals surface area contributed by atoms with E-state index in [0.29, 0.717) is 5.75 Å². The molecule has 1 atom stereocenters. The summed E-state index contributed by atoms with van der Waals surface area (Å²) in [4.78, 5) is 11.8. The Bertz CT molecular complexity index is 425. The molecule has 92 valence electrons. The standard InChI is InChI=1S/C13H16O4/c1-8(2)12(13(14)15-3)9-4-5-10-11(6-9)17-7-16-10/h4-6,8,12H,7H2,1-3H3. The van der Waals surface area contributed by atoms with E-state index in [1.54, 1.807) is 0 Å². The van der Waals surface area contributed by atoms with Gasteiger partial charge in [0.1, 0.15) is 0 Å². The molecule has 0 radical (unpaired) electrons. The summed E-state index contributed by atoms with van der Waals surface area (Å²) in [5, 5.41) is 0. The first-order chi connectivity index (χ1) is 8.13. The van der Waals surface area contributed by atoms with Gasteiger partial charge in [-0.3, -0.25) is 4.79 Å². The predicted molar refractivity (Wildman–Crippen MR) is 62.2 cm³/mol. The SMILES string of the molecule is COC(=O)C(c1ccc2c(c1)OCO2)C(C)C. The van der Waals surface area contributed by atoms with E-state index >= 15 is 0 Å². The van der Waals surface area contributed by atoms with Crippen LogP contribution in [0.2, 0.25) is 0 Å². The average Bonchev–Trinajstić information content (AvgIpc) is 2.75. The van der Waals surface area contributed by atoms with Crippen LogP contribution in [0.5, 0.6) is 11.5 Å². The van der Waals surface area contributed by atoms with E-state index in [4.69, 9.17) is 14.2 Å². The number of hydrogen-bond donors (Lipinski definition) is 0. The maximum Gasteiger partial charge on any atom is 0.313 e. The van der Waals surface area contributed by atoms with Crippen LogP contribution in [0.15, 0.2) is 18.2 Å². The summed E-state index contributed by atoms with van der Waals surface area (Å²) in [5.41, 5.74) is 0.899. The van der Waals surface area contributed by atoms with E-state index < -0.39 is 0 Å². The molecular weight excluding hydrogens is 220 g/mol. The summed E-state index contributed by atoms with van der Waals surface area (Å²) in [6, 6.07) is 5.56. The fourth-order valence-corrected chi connectivity index (χ4v) is 2.03. The highest BCUT2D eigenvalue weighted by atomic mass is 16.7. The first kappa shape index (κ1) is 11.8. The van der Waals surface area contributed by atoms with Gasteiger partial charge in [-0.2, -0.15) is 0 Å². The van der Waals surface area contributed by atoms with Crippen LogP contribution in [-0.2, 0) is 9.53 Å². The summed E-state index contributed by atoms with van der Waals surface area (Å²) in [7, 11) is 1.41. The van der Waals surface area contributed by atoms with Crippen LogP contribution in [0.25, 0.3) is 0 Å². The van der Waals surface area contributed by atoms with Gasteiger partial charge in [0.2, 0.25) is 6.79 Å². The highest BCUT2D eigenvalue weighted by Crippen LogP contribution is 2.36. The largest absolute Gasteiger partial charge is 0.469 e. The van der Waals surface area contributed by atoms with Crippen LogP contribution in [0.3, 0.4) is 0 Å². The van der Waals surface area contributed by atoms with Gasteiger partial charge < -0.3 is 14.2 Å². The molecule has 1 aliphatic heterocycles. The number of rotatable bonds is 3. The normalized spacial score (nSPS) is 14.8. The maximum absolute atomic E-state index is 11.8. The number of ether oxygens (including phenoxy) is 3. The molecule has 0 saturated carbocycles. The molecule has 0 spiro atoms. The van der Waals surface area contributed by atoms with Gasteiger partial charge in [-0.1, -0.05) is 19.9 Å². The molecule has 0 aromatic heterocycles. The summed E-state index contributed by atoms with van der Waals surface area (Å²) < 4.78 is 15.4. The topological polar surface area (TPSA) is 44.8 Å². The molecule has 17 heavy (non-hydrogen) atoms. The Labute approximate surface area is 100 Å². The van der Waals surface area contributed by atoms with E-state index in [1.165, 1.54) is 7.11 Å². The third-order valence-electron chi connectivity index (χ3n) is 2.88. The molecule has 1 unspecified atom stereocenters. The molecule has 0 fully saturated rings. The van der Waals surface area contributed by atoms with Crippen molar-refractivity contribution in [1.82, 2.24) is 0 Å². The zero-order valence-electron chi connectivity index (χ0n) is 10.2. The first-order valence-electron chi connectivity index (χ1n) is 5.61. The van der Waals surface area contributed by atoms with Crippen molar-refractivity contribution in [3.05, 3.63) is 23.8 Å². The van der Waals surface area contributed by atoms with Crippen molar-refractivity contribution < 1.29 is 19.0 Å². The van der Waals surface area contributed by atoms with Gasteiger partial charge in [0.25, 0.3) is 0 Å². The molecular formula is C13H16O4. The average molecular weight is 236 g/mol. The zero-order chi connectivity index (χ0) is 12.4. The fourth-order valence-electron chi connectivity index (χ4n) is 2.03. The summed E-state index contributed by atoms with van der Waals surface area (Å²) in [5.74, 6) is 1.09. The zero-order valence-corrected chi connectivity index (χ0v) is 10.2. The number of carbonyl (C=O) groups excluding carboxylic acids is 1. The van der Waals surface area contributed by atoms with Crippen molar-refractivity contribution in [2.75, 3.05) is 13.9 Å². The summed E-state index contributed by atoms with van der Waals surface area (Å²) in [6.07, 6.45) is 0. The Morgan fingerprint density at radius 1 is 1.29 bits per heavy atom. The molecule has 1 aromatic carbocycles. The van der Waals surface area contributed by atoms with Crippen molar-refractivity contribution >= 4 is 5.97 Å². The molecule has 0 bridgehead atoms. The molecule has 2 rings (SSSR count). The molecule has 4 heteroatoms. The monoisotopic (exact) mass is 236 g/mol. The van der Waals surface area contributed by atoms with E-state index in [2.05, 4.69) is 0 Å². The van der Waals surface area contributed by atoms with E-state index in [-0.39, 0.29) is 24.6 Å². The lowest BCUT2D eigenvalue weighted by molar-refractivity contribution is -0.143. The number of carbonyl (C=O) groups is 1. The molecule has 0 aliphatic carbocycles. The van der Waals surface area contributed by atoms with Crippen LogP contribution in [-0.4, -0.2) is 19.9 Å². The second-order valence-electron chi connectivity index (χ2n) is 4.36. The lowest BCUT2D eigenvalue weighted by Crippen LogP contribution is -2.19. The third kappa shape index (κ3) is 2.20. The third-order valence-corrected chi connectivity index (χ3v) is 2.88. The Balaban J connectivity index is 2.33. The van der Waals surface area contributed by atoms with Gasteiger partial charge >= 0.3 is 5.97 Å². The molecule has 4 nitrogen and oxygen atoms in total. The van der Waals surface area contributed by atoms with Crippen LogP contribution in [0.4, 0.5) is 0 Å². The highest BCUT2D eigenvalue weighted by Gasteiger charge is 2.27. The first-order valence-corrected chi connectivity index (χ1v) is 5.61. The molecule has 1 aromatic rings. The Hall–Kier alpha value is -1.71. The molecule has 0 amide bonds. The van der Waals surface area contributed by atoms with Gasteiger partial charge in [0.15, 0.2) is 11.5 Å². The Morgan fingerprint density at radius 2 is 2.00 bits per heavy atom. The van der Waals surface area contributed by atoms with Crippen LogP contribution < -0.4 is 9.47 Å². The molecule has 1 aliphatic rings. The van der Waals surface area contributed by atoms with Crippen molar-refractivity contribution in [1.29, 1.82) is 0 Å². The number of hydrogen-bond acceptors (Lipinski definition) is 4. The van der Waals surface area contributed by atoms with Gasteiger partial charge in [-0.05, 0) is 23.6 Å². The van der Waals surface area contributed by atoms with Crippen molar-refractivity contribution in [2.45, 2.75) is 19.8 Å². The van der Waals surface area contributed by atoms with Gasteiger partial charge in [-0.15, -0.1) is 0 Å². The minimum absolute atomic E-state index is 0.169. The Morgan fingerprint density at radius 3 is 2.65 bits per heavy atom. The minimum Gasteiger partial charge on any atom is -0.469 e. The lowest BCUT2D eigenvalue weighted by Gasteiger charge is -2.18. The van der Waals surface area contributed by atoms with Crippen molar-refractivity contribution in [3.63, 3.8) is 0 Å². The minimum atomic E-state index is -0.269. The van der Waals surface area contributed by atoms with E-state index in [0.717, 1.165) is 11.3 Å². The van der Waals surface area contributed by atoms with Crippen molar-refractivity contribution in [2.24, 2.45) is 5.92 Å². The number of esters is 1. The van der Waals surface area contributed by atoms with Gasteiger partial charge in [0, 0.05) is 0 Å². The van der Waals surface area contributed by atoms with Crippen molar-refractivity contribution in [3.8, 4) is 11.5 Å². The second kappa shape index (κ2) is 4.65. The lowest BCUT2D eigenvalue weighted by atomic mass is 9.88. The number of methoxy groups -OCH3 is 1. The van der Waals surface area contributed by atoms with Crippen LogP contribution in [0, 0.1) is 5.92 Å². The number of benzene rings is 1. The highest BCUT2D eigenvalue weighted by molar-refractivity contribution is 5.78. The maximum atomic E-state index is 11.8. The number of fused-ring (bicyclic) bond motifs is 1. The van der Waals surface area contributed by atoms with Gasteiger partial charge in [-0.25, -0.2) is 0 Å². The molecule has 0 saturated heterocycles. The molecule has 0 N–H and O–H groups in total.